The van der Waals surface area contributed by atoms with Crippen molar-refractivity contribution in [3.05, 3.63) is 106 Å². The maximum Gasteiger partial charge on any atom is 0.328 e. The van der Waals surface area contributed by atoms with Crippen molar-refractivity contribution >= 4 is 22.9 Å². The Balaban J connectivity index is 1.65. The van der Waals surface area contributed by atoms with E-state index < -0.39 is 23.6 Å². The smallest absolute Gasteiger partial charge is 0.328 e. The van der Waals surface area contributed by atoms with Crippen LogP contribution in [-0.4, -0.2) is 34.1 Å². The minimum atomic E-state index is -1.19. The molecule has 3 aromatic carbocycles. The van der Waals surface area contributed by atoms with Gasteiger partial charge in [0, 0.05) is 40.8 Å². The Morgan fingerprint density at radius 3 is 2.50 bits per heavy atom. The molecule has 0 aliphatic carbocycles. The number of nitrogens with one attached hydrogen (secondary N) is 1. The standard InChI is InChI=1S/C29H26F2N2O3/c1-17-13-22-21-5-3-4-6-25(21)32-28(22)29(33(17)16-18-7-10-20(36-2)11-8-18)27-23(30)14-19(15-24(27)31)9-12-26(34)35/h3-12,14-15,17,29,32H,13,16H2,1-2H3,(H,34,35)/b12-9+/t17-,29-/m1/s1. The SMILES string of the molecule is COc1ccc(CN2[C@H](c3c(F)cc(/C=C/C(=O)O)cc3F)c3[nH]c4ccccc4c3C[C@H]2C)cc1. The Morgan fingerprint density at radius 2 is 1.83 bits per heavy atom. The fraction of sp³-hybridized carbons (Fsp3) is 0.207. The average molecular weight is 489 g/mol. The van der Waals surface area contributed by atoms with Gasteiger partial charge in [0.25, 0.3) is 0 Å². The molecule has 2 heterocycles. The number of ether oxygens (including phenoxy) is 1. The number of carboxylic acid groups (broad SMARTS) is 1. The number of aromatic amines is 1. The molecule has 5 nitrogen and oxygen atoms in total. The second-order valence-electron chi connectivity index (χ2n) is 9.11. The third-order valence-electron chi connectivity index (χ3n) is 6.83. The first kappa shape index (κ1) is 23.8. The number of halogens is 2. The number of hydrogen-bond acceptors (Lipinski definition) is 3. The van der Waals surface area contributed by atoms with Crippen LogP contribution in [0.1, 0.15) is 40.9 Å². The molecule has 0 amide bonds. The monoisotopic (exact) mass is 488 g/mol. The first-order chi connectivity index (χ1) is 17.4. The predicted octanol–water partition coefficient (Wildman–Crippen LogP) is 6.09. The summed E-state index contributed by atoms with van der Waals surface area (Å²) in [6, 6.07) is 17.2. The number of carboxylic acids is 1. The lowest BCUT2D eigenvalue weighted by atomic mass is 9.87. The highest BCUT2D eigenvalue weighted by molar-refractivity contribution is 5.86. The molecule has 0 saturated carbocycles. The van der Waals surface area contributed by atoms with Gasteiger partial charge in [-0.15, -0.1) is 0 Å². The van der Waals surface area contributed by atoms with Crippen molar-refractivity contribution in [2.45, 2.75) is 32.0 Å². The van der Waals surface area contributed by atoms with E-state index >= 15 is 8.78 Å². The molecule has 2 atom stereocenters. The molecule has 0 bridgehead atoms. The largest absolute Gasteiger partial charge is 0.497 e. The van der Waals surface area contributed by atoms with Gasteiger partial charge in [0.15, 0.2) is 0 Å². The molecule has 184 valence electrons. The Kier molecular flexibility index (Phi) is 6.33. The molecule has 0 unspecified atom stereocenters. The minimum absolute atomic E-state index is 0.00538. The summed E-state index contributed by atoms with van der Waals surface area (Å²) in [7, 11) is 1.61. The van der Waals surface area contributed by atoms with Gasteiger partial charge in [0.05, 0.1) is 13.2 Å². The molecule has 0 saturated heterocycles. The van der Waals surface area contributed by atoms with Crippen molar-refractivity contribution in [3.63, 3.8) is 0 Å². The van der Waals surface area contributed by atoms with E-state index in [1.54, 1.807) is 7.11 Å². The van der Waals surface area contributed by atoms with E-state index in [4.69, 9.17) is 9.84 Å². The topological polar surface area (TPSA) is 65.6 Å². The van der Waals surface area contributed by atoms with E-state index in [0.29, 0.717) is 6.54 Å². The van der Waals surface area contributed by atoms with Gasteiger partial charge >= 0.3 is 5.97 Å². The summed E-state index contributed by atoms with van der Waals surface area (Å²) >= 11 is 0. The van der Waals surface area contributed by atoms with Gasteiger partial charge in [0.1, 0.15) is 17.4 Å². The second-order valence-corrected chi connectivity index (χ2v) is 9.11. The van der Waals surface area contributed by atoms with Crippen LogP contribution in [0.15, 0.2) is 66.7 Å². The van der Waals surface area contributed by atoms with Crippen LogP contribution < -0.4 is 4.74 Å². The quantitative estimate of drug-likeness (QED) is 0.323. The third kappa shape index (κ3) is 4.38. The van der Waals surface area contributed by atoms with E-state index in [2.05, 4.69) is 16.8 Å². The Morgan fingerprint density at radius 1 is 1.14 bits per heavy atom. The van der Waals surface area contributed by atoms with Gasteiger partial charge in [-0.3, -0.25) is 4.90 Å². The van der Waals surface area contributed by atoms with Crippen molar-refractivity contribution in [2.75, 3.05) is 7.11 Å². The number of aromatic nitrogens is 1. The second kappa shape index (κ2) is 9.59. The van der Waals surface area contributed by atoms with Gasteiger partial charge < -0.3 is 14.8 Å². The number of para-hydroxylation sites is 1. The molecule has 4 aromatic rings. The number of methoxy groups -OCH3 is 1. The molecule has 2 N–H and O–H groups in total. The third-order valence-corrected chi connectivity index (χ3v) is 6.83. The molecule has 0 radical (unpaired) electrons. The number of benzene rings is 3. The summed E-state index contributed by atoms with van der Waals surface area (Å²) < 4.78 is 36.5. The Labute approximate surface area is 207 Å². The highest BCUT2D eigenvalue weighted by atomic mass is 19.1. The van der Waals surface area contributed by atoms with Crippen LogP contribution in [0.2, 0.25) is 0 Å². The molecule has 7 heteroatoms. The van der Waals surface area contributed by atoms with Gasteiger partial charge in [-0.1, -0.05) is 30.3 Å². The maximum absolute atomic E-state index is 15.6. The molecule has 36 heavy (non-hydrogen) atoms. The average Bonchev–Trinajstić information content (AvgIpc) is 3.22. The Bertz CT molecular complexity index is 1440. The van der Waals surface area contributed by atoms with Crippen molar-refractivity contribution in [2.24, 2.45) is 0 Å². The summed E-state index contributed by atoms with van der Waals surface area (Å²) in [6.07, 6.45) is 2.78. The summed E-state index contributed by atoms with van der Waals surface area (Å²) in [6.45, 7) is 2.55. The molecule has 1 aliphatic rings. The molecular formula is C29H26F2N2O3. The van der Waals surface area contributed by atoms with Crippen molar-refractivity contribution in [1.82, 2.24) is 9.88 Å². The number of nitrogens with zero attached hydrogens (tertiary/aromatic N) is 1. The van der Waals surface area contributed by atoms with Crippen molar-refractivity contribution in [3.8, 4) is 5.75 Å². The highest BCUT2D eigenvalue weighted by Crippen LogP contribution is 2.43. The number of rotatable bonds is 6. The summed E-state index contributed by atoms with van der Waals surface area (Å²) in [4.78, 5) is 16.4. The molecule has 0 spiro atoms. The fourth-order valence-corrected chi connectivity index (χ4v) is 5.14. The minimum Gasteiger partial charge on any atom is -0.497 e. The van der Waals surface area contributed by atoms with Crippen LogP contribution in [0.4, 0.5) is 8.78 Å². The highest BCUT2D eigenvalue weighted by Gasteiger charge is 2.38. The lowest BCUT2D eigenvalue weighted by Gasteiger charge is -2.41. The number of carbonyl (C=O) groups is 1. The number of aliphatic carboxylic acids is 1. The zero-order valence-corrected chi connectivity index (χ0v) is 20.0. The van der Waals surface area contributed by atoms with Gasteiger partial charge in [0.2, 0.25) is 0 Å². The van der Waals surface area contributed by atoms with Crippen LogP contribution in [0, 0.1) is 11.6 Å². The Hall–Kier alpha value is -3.97. The van der Waals surface area contributed by atoms with Crippen LogP contribution >= 0.6 is 0 Å². The number of fused-ring (bicyclic) bond motifs is 3. The maximum atomic E-state index is 15.6. The van der Waals surface area contributed by atoms with Crippen LogP contribution in [-0.2, 0) is 17.8 Å². The first-order valence-electron chi connectivity index (χ1n) is 11.7. The zero-order chi connectivity index (χ0) is 25.4. The van der Waals surface area contributed by atoms with E-state index in [1.165, 1.54) is 18.2 Å². The zero-order valence-electron chi connectivity index (χ0n) is 20.0. The first-order valence-corrected chi connectivity index (χ1v) is 11.7. The van der Waals surface area contributed by atoms with E-state index in [1.807, 2.05) is 48.5 Å². The lowest BCUT2D eigenvalue weighted by Crippen LogP contribution is -2.42. The summed E-state index contributed by atoms with van der Waals surface area (Å²) in [5, 5.41) is 9.95. The molecule has 1 aliphatic heterocycles. The van der Waals surface area contributed by atoms with Crippen LogP contribution in [0.5, 0.6) is 5.75 Å². The van der Waals surface area contributed by atoms with Crippen molar-refractivity contribution in [1.29, 1.82) is 0 Å². The van der Waals surface area contributed by atoms with Gasteiger partial charge in [-0.2, -0.15) is 0 Å². The number of hydrogen-bond donors (Lipinski definition) is 2. The van der Waals surface area contributed by atoms with E-state index in [0.717, 1.165) is 46.0 Å². The van der Waals surface area contributed by atoms with Crippen molar-refractivity contribution < 1.29 is 23.4 Å². The van der Waals surface area contributed by atoms with Gasteiger partial charge in [-0.25, -0.2) is 13.6 Å². The lowest BCUT2D eigenvalue weighted by molar-refractivity contribution is -0.131. The van der Waals surface area contributed by atoms with Crippen LogP contribution in [0.3, 0.4) is 0 Å². The summed E-state index contributed by atoms with van der Waals surface area (Å²) in [5.74, 6) is -1.89. The van der Waals surface area contributed by atoms with E-state index in [9.17, 15) is 4.79 Å². The molecular weight excluding hydrogens is 462 g/mol. The predicted molar refractivity (Wildman–Crippen MR) is 135 cm³/mol. The molecule has 1 aromatic heterocycles. The fourth-order valence-electron chi connectivity index (χ4n) is 5.14. The summed E-state index contributed by atoms with van der Waals surface area (Å²) in [5.41, 5.74) is 3.84. The molecule has 0 fully saturated rings. The molecule has 5 rings (SSSR count). The van der Waals surface area contributed by atoms with Crippen LogP contribution in [0.25, 0.3) is 17.0 Å². The normalized spacial score (nSPS) is 18.0. The van der Waals surface area contributed by atoms with Gasteiger partial charge in [-0.05, 0) is 66.4 Å². The number of H-pyrrole nitrogens is 1. The van der Waals surface area contributed by atoms with E-state index in [-0.39, 0.29) is 17.2 Å².